The monoisotopic (exact) mass is 430 g/mol. The maximum atomic E-state index is 12.9. The number of nitrogens with zero attached hydrogens (tertiary/aromatic N) is 2. The number of aryl methyl sites for hydroxylation is 2. The number of carbonyl (C=O) groups is 2. The zero-order valence-corrected chi connectivity index (χ0v) is 18.2. The fraction of sp³-hybridized carbons (Fsp3) is 0.636. The summed E-state index contributed by atoms with van der Waals surface area (Å²) in [5.41, 5.74) is 0.990. The van der Waals surface area contributed by atoms with Crippen LogP contribution in [0.2, 0.25) is 0 Å². The summed E-state index contributed by atoms with van der Waals surface area (Å²) in [5.74, 6) is -0.294. The molecule has 0 atom stereocenters. The zero-order chi connectivity index (χ0) is 20.9. The summed E-state index contributed by atoms with van der Waals surface area (Å²) in [6.07, 6.45) is 12.8. The lowest BCUT2D eigenvalue weighted by Gasteiger charge is -2.16. The second kappa shape index (κ2) is 9.73. The fourth-order valence-corrected chi connectivity index (χ4v) is 5.76. The number of thiophene rings is 1. The molecule has 2 heterocycles. The Hall–Kier alpha value is -2.22. The normalized spacial score (nSPS) is 17.3. The van der Waals surface area contributed by atoms with Gasteiger partial charge < -0.3 is 10.6 Å². The highest BCUT2D eigenvalue weighted by Gasteiger charge is 2.20. The fourth-order valence-electron chi connectivity index (χ4n) is 4.54. The van der Waals surface area contributed by atoms with E-state index in [1.807, 2.05) is 0 Å². The van der Waals surface area contributed by atoms with Crippen molar-refractivity contribution < 1.29 is 9.59 Å². The summed E-state index contributed by atoms with van der Waals surface area (Å²) in [6.45, 7) is 0.201. The van der Waals surface area contributed by atoms with Crippen LogP contribution < -0.4 is 16.2 Å². The first-order chi connectivity index (χ1) is 14.6. The number of carbonyl (C=O) groups excluding carboxylic acids is 2. The Morgan fingerprint density at radius 3 is 2.63 bits per heavy atom. The van der Waals surface area contributed by atoms with E-state index in [0.717, 1.165) is 48.9 Å². The molecule has 162 valence electrons. The first-order valence-corrected chi connectivity index (χ1v) is 12.0. The molecule has 30 heavy (non-hydrogen) atoms. The smallest absolute Gasteiger partial charge is 0.262 e. The van der Waals surface area contributed by atoms with Crippen LogP contribution in [0, 0.1) is 0 Å². The summed E-state index contributed by atoms with van der Waals surface area (Å²) in [6, 6.07) is 0.267. The summed E-state index contributed by atoms with van der Waals surface area (Å²) in [7, 11) is 0. The molecule has 0 aromatic carbocycles. The third-order valence-electron chi connectivity index (χ3n) is 6.15. The van der Waals surface area contributed by atoms with Crippen molar-refractivity contribution in [2.45, 2.75) is 83.2 Å². The zero-order valence-electron chi connectivity index (χ0n) is 17.4. The lowest BCUT2D eigenvalue weighted by atomic mass is 9.97. The second-order valence-corrected chi connectivity index (χ2v) is 9.51. The lowest BCUT2D eigenvalue weighted by Crippen LogP contribution is -2.38. The highest BCUT2D eigenvalue weighted by molar-refractivity contribution is 7.18. The number of amides is 2. The predicted molar refractivity (Wildman–Crippen MR) is 118 cm³/mol. The molecule has 1 saturated carbocycles. The molecule has 4 rings (SSSR count). The van der Waals surface area contributed by atoms with E-state index in [4.69, 9.17) is 0 Å². The quantitative estimate of drug-likeness (QED) is 0.689. The van der Waals surface area contributed by atoms with Crippen molar-refractivity contribution in [1.29, 1.82) is 0 Å². The van der Waals surface area contributed by atoms with Gasteiger partial charge in [0.25, 0.3) is 5.56 Å². The van der Waals surface area contributed by atoms with E-state index in [9.17, 15) is 14.4 Å². The van der Waals surface area contributed by atoms with Gasteiger partial charge in [-0.1, -0.05) is 25.7 Å². The average molecular weight is 431 g/mol. The number of rotatable bonds is 6. The van der Waals surface area contributed by atoms with Crippen molar-refractivity contribution in [2.24, 2.45) is 0 Å². The Bertz CT molecular complexity index is 973. The molecular formula is C22H30N4O3S. The van der Waals surface area contributed by atoms with Crippen molar-refractivity contribution in [3.05, 3.63) is 27.1 Å². The van der Waals surface area contributed by atoms with Gasteiger partial charge in [0.15, 0.2) is 0 Å². The molecule has 0 radical (unpaired) electrons. The van der Waals surface area contributed by atoms with Crippen LogP contribution in [0.1, 0.15) is 68.2 Å². The third kappa shape index (κ3) is 4.91. The molecule has 2 aromatic rings. The minimum absolute atomic E-state index is 0.0210. The third-order valence-corrected chi connectivity index (χ3v) is 7.35. The van der Waals surface area contributed by atoms with Crippen LogP contribution in [0.5, 0.6) is 0 Å². The topological polar surface area (TPSA) is 93.1 Å². The van der Waals surface area contributed by atoms with Crippen LogP contribution in [0.4, 0.5) is 0 Å². The van der Waals surface area contributed by atoms with Crippen molar-refractivity contribution in [3.63, 3.8) is 0 Å². The Balaban J connectivity index is 1.30. The van der Waals surface area contributed by atoms with Gasteiger partial charge in [-0.2, -0.15) is 0 Å². The van der Waals surface area contributed by atoms with E-state index in [2.05, 4.69) is 15.6 Å². The number of fused-ring (bicyclic) bond motifs is 3. The van der Waals surface area contributed by atoms with Crippen LogP contribution in [0.15, 0.2) is 11.1 Å². The summed E-state index contributed by atoms with van der Waals surface area (Å²) >= 11 is 1.60. The molecule has 2 aliphatic rings. The molecule has 2 amide bonds. The molecule has 0 aliphatic heterocycles. The largest absolute Gasteiger partial charge is 0.354 e. The Kier molecular flexibility index (Phi) is 6.82. The van der Waals surface area contributed by atoms with Gasteiger partial charge in [0.2, 0.25) is 11.8 Å². The van der Waals surface area contributed by atoms with E-state index >= 15 is 0 Å². The average Bonchev–Trinajstić information content (AvgIpc) is 2.92. The van der Waals surface area contributed by atoms with Crippen LogP contribution in [-0.4, -0.2) is 34.0 Å². The molecule has 0 spiro atoms. The molecule has 2 aromatic heterocycles. The van der Waals surface area contributed by atoms with Crippen LogP contribution in [-0.2, 0) is 29.0 Å². The lowest BCUT2D eigenvalue weighted by molar-refractivity contribution is -0.123. The van der Waals surface area contributed by atoms with Gasteiger partial charge in [-0.15, -0.1) is 11.3 Å². The Morgan fingerprint density at radius 1 is 1.07 bits per heavy atom. The van der Waals surface area contributed by atoms with E-state index in [0.29, 0.717) is 5.39 Å². The van der Waals surface area contributed by atoms with Gasteiger partial charge in [0.05, 0.1) is 11.7 Å². The molecule has 7 nitrogen and oxygen atoms in total. The van der Waals surface area contributed by atoms with Crippen LogP contribution in [0.25, 0.3) is 10.2 Å². The molecule has 0 bridgehead atoms. The van der Waals surface area contributed by atoms with Crippen molar-refractivity contribution in [1.82, 2.24) is 20.2 Å². The van der Waals surface area contributed by atoms with Gasteiger partial charge >= 0.3 is 0 Å². The summed E-state index contributed by atoms with van der Waals surface area (Å²) in [4.78, 5) is 43.8. The first kappa shape index (κ1) is 21.0. The van der Waals surface area contributed by atoms with Gasteiger partial charge in [-0.3, -0.25) is 19.0 Å². The molecule has 8 heteroatoms. The number of aromatic nitrogens is 2. The SMILES string of the molecule is O=C(Cn1cnc2sc3c(c2c1=O)CCCC3)NCCC(=O)NC1CCCCCC1. The number of hydrogen-bond acceptors (Lipinski definition) is 5. The van der Waals surface area contributed by atoms with Crippen LogP contribution >= 0.6 is 11.3 Å². The minimum atomic E-state index is -0.274. The first-order valence-electron chi connectivity index (χ1n) is 11.2. The summed E-state index contributed by atoms with van der Waals surface area (Å²) in [5, 5.41) is 6.53. The number of nitrogens with one attached hydrogen (secondary N) is 2. The molecule has 2 aliphatic carbocycles. The van der Waals surface area contributed by atoms with E-state index in [1.165, 1.54) is 41.5 Å². The highest BCUT2D eigenvalue weighted by atomic mass is 32.1. The molecule has 2 N–H and O–H groups in total. The second-order valence-electron chi connectivity index (χ2n) is 8.42. The van der Waals surface area contributed by atoms with Gasteiger partial charge in [0.1, 0.15) is 11.4 Å². The van der Waals surface area contributed by atoms with Crippen molar-refractivity contribution >= 4 is 33.4 Å². The van der Waals surface area contributed by atoms with Gasteiger partial charge in [-0.25, -0.2) is 4.98 Å². The van der Waals surface area contributed by atoms with Gasteiger partial charge in [-0.05, 0) is 44.1 Å². The summed E-state index contributed by atoms with van der Waals surface area (Å²) < 4.78 is 1.38. The maximum absolute atomic E-state index is 12.9. The molecule has 0 saturated heterocycles. The standard InChI is InChI=1S/C22H30N4O3S/c27-18(25-15-7-3-1-2-4-8-15)11-12-23-19(28)13-26-14-24-21-20(22(26)29)16-9-5-6-10-17(16)30-21/h14-15H,1-13H2,(H,23,28)(H,25,27). The highest BCUT2D eigenvalue weighted by Crippen LogP contribution is 2.33. The predicted octanol–water partition coefficient (Wildman–Crippen LogP) is 2.68. The van der Waals surface area contributed by atoms with Crippen molar-refractivity contribution in [2.75, 3.05) is 6.54 Å². The van der Waals surface area contributed by atoms with Crippen LogP contribution in [0.3, 0.4) is 0 Å². The molecular weight excluding hydrogens is 400 g/mol. The van der Waals surface area contributed by atoms with E-state index in [1.54, 1.807) is 11.3 Å². The minimum Gasteiger partial charge on any atom is -0.354 e. The maximum Gasteiger partial charge on any atom is 0.262 e. The van der Waals surface area contributed by atoms with Crippen molar-refractivity contribution in [3.8, 4) is 0 Å². The Labute approximate surface area is 180 Å². The van der Waals surface area contributed by atoms with Gasteiger partial charge in [0, 0.05) is 23.9 Å². The molecule has 1 fully saturated rings. The Morgan fingerprint density at radius 2 is 1.83 bits per heavy atom. The van der Waals surface area contributed by atoms with E-state index in [-0.39, 0.29) is 42.9 Å². The molecule has 0 unspecified atom stereocenters. The van der Waals surface area contributed by atoms with E-state index < -0.39 is 0 Å². The number of hydrogen-bond donors (Lipinski definition) is 2.